The Bertz CT molecular complexity index is 881. The summed E-state index contributed by atoms with van der Waals surface area (Å²) in [6, 6.07) is 13.9. The number of rotatable bonds is 10. The van der Waals surface area contributed by atoms with Gasteiger partial charge in [-0.15, -0.1) is 0 Å². The number of amides is 1. The van der Waals surface area contributed by atoms with Gasteiger partial charge >= 0.3 is 0 Å². The number of hydrogen-bond acceptors (Lipinski definition) is 4. The molecule has 152 valence electrons. The number of nitrogens with one attached hydrogen (secondary N) is 2. The van der Waals surface area contributed by atoms with Crippen molar-refractivity contribution in [2.24, 2.45) is 5.92 Å². The Balaban J connectivity index is 1.92. The fourth-order valence-electron chi connectivity index (χ4n) is 2.50. The molecular weight excluding hydrogens is 376 g/mol. The lowest BCUT2D eigenvalue weighted by Gasteiger charge is -2.12. The van der Waals surface area contributed by atoms with Crippen LogP contribution in [0.25, 0.3) is 0 Å². The molecule has 0 heterocycles. The zero-order valence-electron chi connectivity index (χ0n) is 16.6. The molecule has 0 aliphatic carbocycles. The van der Waals surface area contributed by atoms with Crippen molar-refractivity contribution in [1.29, 1.82) is 0 Å². The summed E-state index contributed by atoms with van der Waals surface area (Å²) in [5.74, 6) is 0.816. The van der Waals surface area contributed by atoms with Gasteiger partial charge in [-0.25, -0.2) is 13.1 Å². The lowest BCUT2D eigenvalue weighted by molar-refractivity contribution is -0.123. The minimum Gasteiger partial charge on any atom is -0.484 e. The average Bonchev–Trinajstić information content (AvgIpc) is 2.66. The molecule has 0 spiro atoms. The van der Waals surface area contributed by atoms with Gasteiger partial charge in [-0.2, -0.15) is 0 Å². The largest absolute Gasteiger partial charge is 0.484 e. The molecule has 0 radical (unpaired) electrons. The zero-order chi connectivity index (χ0) is 20.6. The summed E-state index contributed by atoms with van der Waals surface area (Å²) in [5.41, 5.74) is 1.53. The smallest absolute Gasteiger partial charge is 0.257 e. The maximum absolute atomic E-state index is 12.5. The Morgan fingerprint density at radius 1 is 1.11 bits per heavy atom. The van der Waals surface area contributed by atoms with Crippen LogP contribution < -0.4 is 14.8 Å². The van der Waals surface area contributed by atoms with Crippen LogP contribution in [0.1, 0.15) is 31.4 Å². The van der Waals surface area contributed by atoms with E-state index in [4.69, 9.17) is 4.74 Å². The topological polar surface area (TPSA) is 84.5 Å². The second-order valence-electron chi connectivity index (χ2n) is 7.06. The number of carbonyl (C=O) groups is 1. The van der Waals surface area contributed by atoms with Crippen molar-refractivity contribution in [3.8, 4) is 5.75 Å². The minimum atomic E-state index is -3.63. The second kappa shape index (κ2) is 10.2. The molecule has 28 heavy (non-hydrogen) atoms. The molecule has 1 amide bonds. The first-order valence-electron chi connectivity index (χ1n) is 9.31. The average molecular weight is 405 g/mol. The van der Waals surface area contributed by atoms with Crippen molar-refractivity contribution in [2.75, 3.05) is 13.2 Å². The van der Waals surface area contributed by atoms with E-state index in [9.17, 15) is 13.2 Å². The van der Waals surface area contributed by atoms with Crippen LogP contribution in [0.5, 0.6) is 5.75 Å². The third-order valence-corrected chi connectivity index (χ3v) is 5.57. The van der Waals surface area contributed by atoms with Gasteiger partial charge in [0.2, 0.25) is 10.0 Å². The molecule has 0 unspecified atom stereocenters. The van der Waals surface area contributed by atoms with Gasteiger partial charge in [-0.1, -0.05) is 44.2 Å². The number of hydrogen-bond donors (Lipinski definition) is 2. The monoisotopic (exact) mass is 404 g/mol. The van der Waals surface area contributed by atoms with E-state index < -0.39 is 10.0 Å². The van der Waals surface area contributed by atoms with Crippen LogP contribution in [0.3, 0.4) is 0 Å². The van der Waals surface area contributed by atoms with Crippen LogP contribution in [0.2, 0.25) is 0 Å². The molecule has 7 heteroatoms. The Labute approximate surface area is 167 Å². The Morgan fingerprint density at radius 2 is 1.82 bits per heavy atom. The second-order valence-corrected chi connectivity index (χ2v) is 8.83. The maximum Gasteiger partial charge on any atom is 0.257 e. The molecule has 0 aliphatic heterocycles. The van der Waals surface area contributed by atoms with Crippen molar-refractivity contribution in [1.82, 2.24) is 10.0 Å². The number of benzene rings is 2. The molecule has 2 aromatic carbocycles. The predicted octanol–water partition coefficient (Wildman–Crippen LogP) is 3.01. The molecule has 0 aromatic heterocycles. The lowest BCUT2D eigenvalue weighted by atomic mass is 10.1. The SMILES string of the molecule is Cc1cc(S(=O)(=O)NCc2ccccc2)ccc1OCC(=O)NCCC(C)C. The third-order valence-electron chi connectivity index (χ3n) is 4.17. The highest BCUT2D eigenvalue weighted by Gasteiger charge is 2.15. The normalized spacial score (nSPS) is 11.4. The fraction of sp³-hybridized carbons (Fsp3) is 0.381. The van der Waals surface area contributed by atoms with E-state index in [1.54, 1.807) is 19.1 Å². The molecule has 6 nitrogen and oxygen atoms in total. The van der Waals surface area contributed by atoms with Crippen molar-refractivity contribution < 1.29 is 17.9 Å². The van der Waals surface area contributed by atoms with Crippen molar-refractivity contribution >= 4 is 15.9 Å². The molecule has 2 rings (SSSR count). The van der Waals surface area contributed by atoms with Crippen LogP contribution in [-0.4, -0.2) is 27.5 Å². The fourth-order valence-corrected chi connectivity index (χ4v) is 3.61. The summed E-state index contributed by atoms with van der Waals surface area (Å²) >= 11 is 0. The van der Waals surface area contributed by atoms with Gasteiger partial charge in [0.1, 0.15) is 5.75 Å². The van der Waals surface area contributed by atoms with Gasteiger partial charge in [0.25, 0.3) is 5.91 Å². The standard InChI is InChI=1S/C21H28N2O4S/c1-16(2)11-12-22-21(24)15-27-20-10-9-19(13-17(20)3)28(25,26)23-14-18-7-5-4-6-8-18/h4-10,13,16,23H,11-12,14-15H2,1-3H3,(H,22,24). The highest BCUT2D eigenvalue weighted by atomic mass is 32.2. The quantitative estimate of drug-likeness (QED) is 0.638. The molecule has 2 aromatic rings. The van der Waals surface area contributed by atoms with Crippen molar-refractivity contribution in [3.05, 3.63) is 59.7 Å². The van der Waals surface area contributed by atoms with E-state index in [1.165, 1.54) is 6.07 Å². The Hall–Kier alpha value is -2.38. The van der Waals surface area contributed by atoms with Gasteiger partial charge in [0.15, 0.2) is 6.61 Å². The minimum absolute atomic E-state index is 0.0999. The molecule has 0 saturated carbocycles. The van der Waals surface area contributed by atoms with E-state index in [1.807, 2.05) is 30.3 Å². The van der Waals surface area contributed by atoms with Gasteiger partial charge in [-0.3, -0.25) is 4.79 Å². The van der Waals surface area contributed by atoms with Gasteiger partial charge in [0.05, 0.1) is 4.90 Å². The Kier molecular flexibility index (Phi) is 8.02. The summed E-state index contributed by atoms with van der Waals surface area (Å²) in [7, 11) is -3.63. The van der Waals surface area contributed by atoms with Crippen LogP contribution >= 0.6 is 0 Å². The number of sulfonamides is 1. The summed E-state index contributed by atoms with van der Waals surface area (Å²) in [6.07, 6.45) is 0.910. The van der Waals surface area contributed by atoms with E-state index in [0.29, 0.717) is 23.8 Å². The molecule has 0 aliphatic rings. The van der Waals surface area contributed by atoms with E-state index in [-0.39, 0.29) is 24.0 Å². The van der Waals surface area contributed by atoms with E-state index in [2.05, 4.69) is 23.9 Å². The van der Waals surface area contributed by atoms with Gasteiger partial charge < -0.3 is 10.1 Å². The molecule has 0 bridgehead atoms. The maximum atomic E-state index is 12.5. The summed E-state index contributed by atoms with van der Waals surface area (Å²) in [4.78, 5) is 12.0. The summed E-state index contributed by atoms with van der Waals surface area (Å²) < 4.78 is 33.1. The molecule has 0 atom stereocenters. The first kappa shape index (κ1) is 21.9. The first-order valence-corrected chi connectivity index (χ1v) is 10.8. The van der Waals surface area contributed by atoms with Gasteiger partial charge in [0, 0.05) is 13.1 Å². The molecule has 0 saturated heterocycles. The van der Waals surface area contributed by atoms with Crippen LogP contribution in [0.15, 0.2) is 53.4 Å². The van der Waals surface area contributed by atoms with Crippen molar-refractivity contribution in [2.45, 2.75) is 38.6 Å². The summed E-state index contributed by atoms with van der Waals surface area (Å²) in [5, 5.41) is 2.80. The number of carbonyl (C=O) groups excluding carboxylic acids is 1. The van der Waals surface area contributed by atoms with Gasteiger partial charge in [-0.05, 0) is 48.6 Å². The number of ether oxygens (including phenoxy) is 1. The van der Waals surface area contributed by atoms with E-state index >= 15 is 0 Å². The van der Waals surface area contributed by atoms with Crippen molar-refractivity contribution in [3.63, 3.8) is 0 Å². The lowest BCUT2D eigenvalue weighted by Crippen LogP contribution is -2.30. The summed E-state index contributed by atoms with van der Waals surface area (Å²) in [6.45, 7) is 6.67. The highest BCUT2D eigenvalue weighted by molar-refractivity contribution is 7.89. The third kappa shape index (κ3) is 6.98. The first-order chi connectivity index (χ1) is 13.3. The van der Waals surface area contributed by atoms with Crippen LogP contribution in [0, 0.1) is 12.8 Å². The number of aryl methyl sites for hydroxylation is 1. The molecular formula is C21H28N2O4S. The Morgan fingerprint density at radius 3 is 2.46 bits per heavy atom. The van der Waals surface area contributed by atoms with Crippen LogP contribution in [-0.2, 0) is 21.4 Å². The van der Waals surface area contributed by atoms with Crippen LogP contribution in [0.4, 0.5) is 0 Å². The highest BCUT2D eigenvalue weighted by Crippen LogP contribution is 2.22. The predicted molar refractivity (Wildman–Crippen MR) is 110 cm³/mol. The molecule has 2 N–H and O–H groups in total. The zero-order valence-corrected chi connectivity index (χ0v) is 17.4. The molecule has 0 fully saturated rings. The van der Waals surface area contributed by atoms with E-state index in [0.717, 1.165) is 12.0 Å².